The Balaban J connectivity index is 1.59. The maximum atomic E-state index is 12.2. The van der Waals surface area contributed by atoms with Crippen molar-refractivity contribution < 1.29 is 14.6 Å². The number of para-hydroxylation sites is 1. The van der Waals surface area contributed by atoms with Crippen LogP contribution in [0.5, 0.6) is 0 Å². The summed E-state index contributed by atoms with van der Waals surface area (Å²) in [4.78, 5) is 29.4. The van der Waals surface area contributed by atoms with Crippen LogP contribution in [-0.2, 0) is 9.63 Å². The molecule has 0 saturated heterocycles. The molecule has 148 valence electrons. The van der Waals surface area contributed by atoms with Gasteiger partial charge in [-0.3, -0.25) is 10.1 Å². The van der Waals surface area contributed by atoms with E-state index in [1.54, 1.807) is 18.2 Å². The van der Waals surface area contributed by atoms with Crippen molar-refractivity contribution in [3.05, 3.63) is 106 Å². The molecule has 0 spiro atoms. The van der Waals surface area contributed by atoms with Crippen LogP contribution < -0.4 is 4.90 Å². The molecule has 0 fully saturated rings. The van der Waals surface area contributed by atoms with Gasteiger partial charge in [0.05, 0.1) is 10.5 Å². The van der Waals surface area contributed by atoms with E-state index in [0.717, 1.165) is 16.9 Å². The van der Waals surface area contributed by atoms with Gasteiger partial charge in [0.2, 0.25) is 0 Å². The molecule has 0 saturated carbocycles. The van der Waals surface area contributed by atoms with Crippen LogP contribution in [0, 0.1) is 10.1 Å². The highest BCUT2D eigenvalue weighted by Crippen LogP contribution is 2.26. The van der Waals surface area contributed by atoms with Crippen molar-refractivity contribution in [3.63, 3.8) is 0 Å². The highest BCUT2D eigenvalue weighted by molar-refractivity contribution is 6.31. The third-order valence-corrected chi connectivity index (χ3v) is 4.78. The number of benzene rings is 3. The van der Waals surface area contributed by atoms with E-state index in [-0.39, 0.29) is 5.69 Å². The fourth-order valence-corrected chi connectivity index (χ4v) is 3.12. The third-order valence-electron chi connectivity index (χ3n) is 4.78. The summed E-state index contributed by atoms with van der Waals surface area (Å²) in [6.07, 6.45) is 1.70. The first kappa shape index (κ1) is 19.1. The Morgan fingerprint density at radius 2 is 1.57 bits per heavy atom. The first-order valence-electron chi connectivity index (χ1n) is 9.18. The topological polar surface area (TPSA) is 85.0 Å². The van der Waals surface area contributed by atoms with Gasteiger partial charge in [-0.15, -0.1) is 0 Å². The standard InChI is InChI=1S/C23H17N3O4/c1-25(18-5-3-2-4-6-18)19-11-7-16(8-12-19)15-21-22(24-30-23(21)27)17-9-13-20(14-10-17)26(28)29/h2-15H,1H3/b21-15+. The number of hydrogen-bond acceptors (Lipinski definition) is 6. The van der Waals surface area contributed by atoms with E-state index >= 15 is 0 Å². The summed E-state index contributed by atoms with van der Waals surface area (Å²) in [6.45, 7) is 0. The Hall–Kier alpha value is -4.26. The van der Waals surface area contributed by atoms with Crippen molar-refractivity contribution in [2.75, 3.05) is 11.9 Å². The quantitative estimate of drug-likeness (QED) is 0.269. The molecule has 0 amide bonds. The second-order valence-corrected chi connectivity index (χ2v) is 6.67. The molecule has 4 rings (SSSR count). The Bertz CT molecular complexity index is 1150. The minimum atomic E-state index is -0.561. The van der Waals surface area contributed by atoms with Gasteiger partial charge in [0.1, 0.15) is 5.71 Å². The SMILES string of the molecule is CN(c1ccccc1)c1ccc(/C=C2/C(=O)ON=C2c2ccc([N+](=O)[O-])cc2)cc1. The van der Waals surface area contributed by atoms with Gasteiger partial charge in [-0.05, 0) is 48.0 Å². The van der Waals surface area contributed by atoms with Gasteiger partial charge in [-0.25, -0.2) is 4.79 Å². The van der Waals surface area contributed by atoms with Gasteiger partial charge in [-0.1, -0.05) is 35.5 Å². The molecule has 3 aromatic rings. The maximum absolute atomic E-state index is 12.2. The molecule has 0 aromatic heterocycles. The van der Waals surface area contributed by atoms with Crippen LogP contribution in [0.15, 0.2) is 89.6 Å². The van der Waals surface area contributed by atoms with Crippen molar-refractivity contribution in [1.82, 2.24) is 0 Å². The predicted molar refractivity (Wildman–Crippen MR) is 115 cm³/mol. The molecule has 0 N–H and O–H groups in total. The number of oxime groups is 1. The van der Waals surface area contributed by atoms with Crippen LogP contribution in [0.4, 0.5) is 17.1 Å². The van der Waals surface area contributed by atoms with Gasteiger partial charge >= 0.3 is 5.97 Å². The van der Waals surface area contributed by atoms with E-state index in [9.17, 15) is 14.9 Å². The first-order valence-corrected chi connectivity index (χ1v) is 9.18. The summed E-state index contributed by atoms with van der Waals surface area (Å²) < 4.78 is 0. The Morgan fingerprint density at radius 1 is 0.933 bits per heavy atom. The van der Waals surface area contributed by atoms with Gasteiger partial charge in [0.15, 0.2) is 0 Å². The monoisotopic (exact) mass is 399 g/mol. The van der Waals surface area contributed by atoms with Crippen LogP contribution in [-0.4, -0.2) is 23.7 Å². The maximum Gasteiger partial charge on any atom is 0.368 e. The highest BCUT2D eigenvalue weighted by atomic mass is 16.7. The van der Waals surface area contributed by atoms with Crippen LogP contribution >= 0.6 is 0 Å². The normalized spacial score (nSPS) is 14.4. The minimum absolute atomic E-state index is 0.0340. The molecule has 0 bridgehead atoms. The van der Waals surface area contributed by atoms with Crippen molar-refractivity contribution >= 4 is 34.8 Å². The number of nitro groups is 1. The number of carbonyl (C=O) groups excluding carboxylic acids is 1. The van der Waals surface area contributed by atoms with Crippen LogP contribution in [0.2, 0.25) is 0 Å². The molecule has 3 aromatic carbocycles. The van der Waals surface area contributed by atoms with E-state index in [1.807, 2.05) is 61.6 Å². The smallest absolute Gasteiger partial charge is 0.345 e. The number of nitro benzene ring substituents is 1. The van der Waals surface area contributed by atoms with Gasteiger partial charge in [0.25, 0.3) is 5.69 Å². The summed E-state index contributed by atoms with van der Waals surface area (Å²) in [5.41, 5.74) is 4.06. The zero-order valence-corrected chi connectivity index (χ0v) is 16.1. The predicted octanol–water partition coefficient (Wildman–Crippen LogP) is 4.71. The van der Waals surface area contributed by atoms with E-state index < -0.39 is 10.9 Å². The van der Waals surface area contributed by atoms with Gasteiger partial charge in [-0.2, -0.15) is 0 Å². The molecule has 0 aliphatic carbocycles. The lowest BCUT2D eigenvalue weighted by molar-refractivity contribution is -0.384. The molecule has 0 unspecified atom stereocenters. The average Bonchev–Trinajstić information content (AvgIpc) is 3.14. The molecular formula is C23H17N3O4. The fraction of sp³-hybridized carbons (Fsp3) is 0.0435. The summed E-state index contributed by atoms with van der Waals surface area (Å²) in [6, 6.07) is 23.5. The summed E-state index contributed by atoms with van der Waals surface area (Å²) in [5.74, 6) is -0.561. The molecule has 1 aliphatic heterocycles. The van der Waals surface area contributed by atoms with E-state index in [4.69, 9.17) is 4.84 Å². The number of non-ortho nitro benzene ring substituents is 1. The van der Waals surface area contributed by atoms with Gasteiger partial charge in [0, 0.05) is 36.1 Å². The number of anilines is 2. The summed E-state index contributed by atoms with van der Waals surface area (Å²) in [7, 11) is 1.98. The average molecular weight is 399 g/mol. The van der Waals surface area contributed by atoms with E-state index in [1.165, 1.54) is 12.1 Å². The molecular weight excluding hydrogens is 382 g/mol. The lowest BCUT2D eigenvalue weighted by Gasteiger charge is -2.19. The summed E-state index contributed by atoms with van der Waals surface area (Å²) >= 11 is 0. The van der Waals surface area contributed by atoms with Crippen LogP contribution in [0.1, 0.15) is 11.1 Å². The summed E-state index contributed by atoms with van der Waals surface area (Å²) in [5, 5.41) is 14.7. The van der Waals surface area contributed by atoms with Crippen molar-refractivity contribution in [2.45, 2.75) is 0 Å². The Labute approximate surface area is 172 Å². The minimum Gasteiger partial charge on any atom is -0.345 e. The lowest BCUT2D eigenvalue weighted by Crippen LogP contribution is -2.09. The lowest BCUT2D eigenvalue weighted by atomic mass is 10.0. The second kappa shape index (κ2) is 8.00. The van der Waals surface area contributed by atoms with Crippen LogP contribution in [0.25, 0.3) is 6.08 Å². The first-order chi connectivity index (χ1) is 14.5. The number of hydrogen-bond donors (Lipinski definition) is 0. The van der Waals surface area contributed by atoms with Crippen molar-refractivity contribution in [1.29, 1.82) is 0 Å². The Morgan fingerprint density at radius 3 is 2.20 bits per heavy atom. The zero-order valence-electron chi connectivity index (χ0n) is 16.1. The van der Waals surface area contributed by atoms with E-state index in [2.05, 4.69) is 10.1 Å². The third kappa shape index (κ3) is 3.81. The fourth-order valence-electron chi connectivity index (χ4n) is 3.12. The molecule has 1 aliphatic rings. The molecule has 0 atom stereocenters. The van der Waals surface area contributed by atoms with Crippen LogP contribution in [0.3, 0.4) is 0 Å². The van der Waals surface area contributed by atoms with Crippen molar-refractivity contribution in [3.8, 4) is 0 Å². The van der Waals surface area contributed by atoms with E-state index in [0.29, 0.717) is 16.8 Å². The van der Waals surface area contributed by atoms with Gasteiger partial charge < -0.3 is 9.74 Å². The molecule has 7 nitrogen and oxygen atoms in total. The highest BCUT2D eigenvalue weighted by Gasteiger charge is 2.27. The Kier molecular flexibility index (Phi) is 5.09. The largest absolute Gasteiger partial charge is 0.368 e. The number of nitrogens with zero attached hydrogens (tertiary/aromatic N) is 3. The zero-order chi connectivity index (χ0) is 21.1. The van der Waals surface area contributed by atoms with Crippen molar-refractivity contribution in [2.24, 2.45) is 5.16 Å². The number of carbonyl (C=O) groups is 1. The molecule has 30 heavy (non-hydrogen) atoms. The molecule has 7 heteroatoms. The second-order valence-electron chi connectivity index (χ2n) is 6.67. The molecule has 1 heterocycles. The molecule has 0 radical (unpaired) electrons. The number of rotatable bonds is 5.